The Kier molecular flexibility index (Phi) is 3.68. The number of hydrogen-bond donors (Lipinski definition) is 2. The highest BCUT2D eigenvalue weighted by Crippen LogP contribution is 2.41. The molecule has 0 unspecified atom stereocenters. The van der Waals surface area contributed by atoms with Gasteiger partial charge in [-0.2, -0.15) is 0 Å². The lowest BCUT2D eigenvalue weighted by molar-refractivity contribution is -0.247. The second-order valence-electron chi connectivity index (χ2n) is 5.45. The molecule has 2 heteroatoms. The van der Waals surface area contributed by atoms with Gasteiger partial charge in [-0.15, -0.1) is 0 Å². The van der Waals surface area contributed by atoms with E-state index in [1.807, 2.05) is 0 Å². The summed E-state index contributed by atoms with van der Waals surface area (Å²) in [7, 11) is 0. The molecular weight excluding hydrogens is 188 g/mol. The first-order valence-electron chi connectivity index (χ1n) is 6.66. The quantitative estimate of drug-likeness (QED) is 0.691. The zero-order chi connectivity index (χ0) is 10.7. The van der Waals surface area contributed by atoms with Crippen molar-refractivity contribution < 1.29 is 10.2 Å². The first-order chi connectivity index (χ1) is 7.21. The van der Waals surface area contributed by atoms with Gasteiger partial charge in [0, 0.05) is 11.8 Å². The Bertz CT molecular complexity index is 169. The van der Waals surface area contributed by atoms with Crippen LogP contribution in [0, 0.1) is 11.8 Å². The summed E-state index contributed by atoms with van der Waals surface area (Å²) in [6.07, 6.45) is 11.3. The van der Waals surface area contributed by atoms with Crippen LogP contribution in [0.2, 0.25) is 0 Å². The first-order valence-corrected chi connectivity index (χ1v) is 6.66. The van der Waals surface area contributed by atoms with Crippen molar-refractivity contribution >= 4 is 0 Å². The third-order valence-corrected chi connectivity index (χ3v) is 4.41. The zero-order valence-electron chi connectivity index (χ0n) is 9.62. The summed E-state index contributed by atoms with van der Waals surface area (Å²) in [5.41, 5.74) is 0. The lowest BCUT2D eigenvalue weighted by Gasteiger charge is -2.41. The van der Waals surface area contributed by atoms with E-state index in [2.05, 4.69) is 0 Å². The van der Waals surface area contributed by atoms with Crippen LogP contribution in [0.3, 0.4) is 0 Å². The third-order valence-electron chi connectivity index (χ3n) is 4.41. The maximum Gasteiger partial charge on any atom is 0.168 e. The molecule has 2 rings (SSSR count). The van der Waals surface area contributed by atoms with Crippen LogP contribution in [0.25, 0.3) is 0 Å². The number of rotatable bonds is 2. The largest absolute Gasteiger partial charge is 0.365 e. The van der Waals surface area contributed by atoms with Crippen LogP contribution >= 0.6 is 0 Å². The molecule has 0 saturated heterocycles. The SMILES string of the molecule is OC(O)(C1CCCCC1)C1CCCCC1. The molecule has 0 aromatic carbocycles. The molecule has 0 spiro atoms. The molecule has 2 fully saturated rings. The van der Waals surface area contributed by atoms with Crippen molar-refractivity contribution in [2.75, 3.05) is 0 Å². The molecule has 2 nitrogen and oxygen atoms in total. The molecule has 2 aliphatic rings. The van der Waals surface area contributed by atoms with E-state index in [1.54, 1.807) is 0 Å². The van der Waals surface area contributed by atoms with E-state index in [0.717, 1.165) is 25.7 Å². The Labute approximate surface area is 92.7 Å². The minimum atomic E-state index is -1.36. The second kappa shape index (κ2) is 4.84. The van der Waals surface area contributed by atoms with Gasteiger partial charge >= 0.3 is 0 Å². The molecule has 0 aliphatic heterocycles. The van der Waals surface area contributed by atoms with Gasteiger partial charge in [-0.05, 0) is 25.7 Å². The fourth-order valence-corrected chi connectivity index (χ4v) is 3.39. The fourth-order valence-electron chi connectivity index (χ4n) is 3.39. The molecule has 0 atom stereocenters. The van der Waals surface area contributed by atoms with Crippen LogP contribution in [0.15, 0.2) is 0 Å². The predicted molar refractivity (Wildman–Crippen MR) is 60.3 cm³/mol. The van der Waals surface area contributed by atoms with Gasteiger partial charge in [-0.1, -0.05) is 38.5 Å². The highest BCUT2D eigenvalue weighted by Gasteiger charge is 2.42. The molecule has 0 aromatic heterocycles. The van der Waals surface area contributed by atoms with Gasteiger partial charge in [0.1, 0.15) is 0 Å². The average molecular weight is 212 g/mol. The first kappa shape index (κ1) is 11.4. The van der Waals surface area contributed by atoms with Gasteiger partial charge in [-0.25, -0.2) is 0 Å². The summed E-state index contributed by atoms with van der Waals surface area (Å²) in [6.45, 7) is 0. The van der Waals surface area contributed by atoms with Crippen molar-refractivity contribution in [3.63, 3.8) is 0 Å². The van der Waals surface area contributed by atoms with Crippen molar-refractivity contribution in [2.45, 2.75) is 70.0 Å². The molecule has 0 heterocycles. The van der Waals surface area contributed by atoms with E-state index in [-0.39, 0.29) is 11.8 Å². The van der Waals surface area contributed by atoms with Crippen molar-refractivity contribution in [1.29, 1.82) is 0 Å². The van der Waals surface area contributed by atoms with Gasteiger partial charge in [0.15, 0.2) is 5.79 Å². The third kappa shape index (κ3) is 2.54. The molecule has 88 valence electrons. The van der Waals surface area contributed by atoms with E-state index in [4.69, 9.17) is 0 Å². The van der Waals surface area contributed by atoms with Crippen molar-refractivity contribution in [2.24, 2.45) is 11.8 Å². The highest BCUT2D eigenvalue weighted by molar-refractivity contribution is 4.86. The summed E-state index contributed by atoms with van der Waals surface area (Å²) >= 11 is 0. The second-order valence-corrected chi connectivity index (χ2v) is 5.45. The minimum Gasteiger partial charge on any atom is -0.365 e. The Morgan fingerprint density at radius 2 is 0.933 bits per heavy atom. The maximum absolute atomic E-state index is 10.3. The smallest absolute Gasteiger partial charge is 0.168 e. The number of hydrogen-bond acceptors (Lipinski definition) is 2. The molecule has 2 N–H and O–H groups in total. The van der Waals surface area contributed by atoms with Crippen LogP contribution in [0.4, 0.5) is 0 Å². The van der Waals surface area contributed by atoms with E-state index < -0.39 is 5.79 Å². The summed E-state index contributed by atoms with van der Waals surface area (Å²) in [4.78, 5) is 0. The van der Waals surface area contributed by atoms with Gasteiger partial charge < -0.3 is 10.2 Å². The van der Waals surface area contributed by atoms with E-state index in [0.29, 0.717) is 0 Å². The minimum absolute atomic E-state index is 0.148. The van der Waals surface area contributed by atoms with Gasteiger partial charge in [0.05, 0.1) is 0 Å². The van der Waals surface area contributed by atoms with E-state index in [1.165, 1.54) is 38.5 Å². The Balaban J connectivity index is 1.96. The number of aliphatic hydroxyl groups is 2. The van der Waals surface area contributed by atoms with Crippen molar-refractivity contribution in [1.82, 2.24) is 0 Å². The predicted octanol–water partition coefficient (Wildman–Crippen LogP) is 2.83. The Morgan fingerprint density at radius 3 is 1.27 bits per heavy atom. The fraction of sp³-hybridized carbons (Fsp3) is 1.00. The molecule has 0 aromatic rings. The molecular formula is C13H24O2. The van der Waals surface area contributed by atoms with Crippen LogP contribution in [-0.4, -0.2) is 16.0 Å². The van der Waals surface area contributed by atoms with Crippen LogP contribution in [-0.2, 0) is 0 Å². The lowest BCUT2D eigenvalue weighted by atomic mass is 9.73. The summed E-state index contributed by atoms with van der Waals surface area (Å²) < 4.78 is 0. The normalized spacial score (nSPS) is 26.8. The molecule has 15 heavy (non-hydrogen) atoms. The Hall–Kier alpha value is -0.0800. The Morgan fingerprint density at radius 1 is 0.600 bits per heavy atom. The molecule has 0 bridgehead atoms. The lowest BCUT2D eigenvalue weighted by Crippen LogP contribution is -2.46. The highest BCUT2D eigenvalue weighted by atomic mass is 16.5. The molecule has 2 aliphatic carbocycles. The average Bonchev–Trinajstić information content (AvgIpc) is 2.31. The topological polar surface area (TPSA) is 40.5 Å². The van der Waals surface area contributed by atoms with E-state index in [9.17, 15) is 10.2 Å². The standard InChI is InChI=1S/C13H24O2/c14-13(15,11-7-3-1-4-8-11)12-9-5-2-6-10-12/h11-12,14-15H,1-10H2. The molecule has 0 amide bonds. The van der Waals surface area contributed by atoms with Crippen LogP contribution in [0.1, 0.15) is 64.2 Å². The summed E-state index contributed by atoms with van der Waals surface area (Å²) in [5.74, 6) is -1.07. The van der Waals surface area contributed by atoms with Crippen LogP contribution in [0.5, 0.6) is 0 Å². The summed E-state index contributed by atoms with van der Waals surface area (Å²) in [5, 5.41) is 20.6. The van der Waals surface area contributed by atoms with Crippen molar-refractivity contribution in [3.8, 4) is 0 Å². The molecule has 0 radical (unpaired) electrons. The van der Waals surface area contributed by atoms with Crippen molar-refractivity contribution in [3.05, 3.63) is 0 Å². The van der Waals surface area contributed by atoms with E-state index >= 15 is 0 Å². The van der Waals surface area contributed by atoms with Crippen LogP contribution < -0.4 is 0 Å². The summed E-state index contributed by atoms with van der Waals surface area (Å²) in [6, 6.07) is 0. The monoisotopic (exact) mass is 212 g/mol. The molecule has 2 saturated carbocycles. The van der Waals surface area contributed by atoms with Gasteiger partial charge in [0.2, 0.25) is 0 Å². The maximum atomic E-state index is 10.3. The zero-order valence-corrected chi connectivity index (χ0v) is 9.62. The van der Waals surface area contributed by atoms with Gasteiger partial charge in [0.25, 0.3) is 0 Å². The van der Waals surface area contributed by atoms with Gasteiger partial charge in [-0.3, -0.25) is 0 Å².